The molecule has 0 aromatic carbocycles. The Hall–Kier alpha value is -0.840. The highest BCUT2D eigenvalue weighted by atomic mass is 79.9. The molecule has 1 aromatic heterocycles. The molecule has 1 aliphatic rings. The molecule has 0 radical (unpaired) electrons. The zero-order valence-corrected chi connectivity index (χ0v) is 13.3. The van der Waals surface area contributed by atoms with Crippen molar-refractivity contribution >= 4 is 21.7 Å². The van der Waals surface area contributed by atoms with Crippen molar-refractivity contribution in [2.24, 2.45) is 0 Å². The minimum absolute atomic E-state index is 0.126. The summed E-state index contributed by atoms with van der Waals surface area (Å²) in [5.41, 5.74) is 0. The molecule has 1 heterocycles. The number of alkyl halides is 1. The first kappa shape index (κ1) is 14.6. The number of halogens is 1. The van der Waals surface area contributed by atoms with Gasteiger partial charge in [-0.3, -0.25) is 4.98 Å². The smallest absolute Gasteiger partial charge is 0.234 e. The van der Waals surface area contributed by atoms with Crippen LogP contribution in [-0.4, -0.2) is 34.0 Å². The Morgan fingerprint density at radius 3 is 2.74 bits per heavy atom. The van der Waals surface area contributed by atoms with E-state index in [1.807, 2.05) is 20.0 Å². The first-order valence-corrected chi connectivity index (χ1v) is 8.14. The molecule has 1 fully saturated rings. The van der Waals surface area contributed by atoms with E-state index in [0.29, 0.717) is 11.9 Å². The molecule has 1 saturated carbocycles. The van der Waals surface area contributed by atoms with Crippen LogP contribution in [0.1, 0.15) is 39.5 Å². The van der Waals surface area contributed by atoms with Gasteiger partial charge >= 0.3 is 0 Å². The standard InChI is InChI=1S/C14H22BrN3O/c1-11(2)19-14-10-16-9-13(17-14)18(8-7-15)12-5-3-4-6-12/h9-12H,3-8H2,1-2H3. The molecule has 4 nitrogen and oxygen atoms in total. The van der Waals surface area contributed by atoms with Crippen LogP contribution in [0, 0.1) is 0 Å². The summed E-state index contributed by atoms with van der Waals surface area (Å²) in [4.78, 5) is 11.2. The Balaban J connectivity index is 2.15. The van der Waals surface area contributed by atoms with Gasteiger partial charge in [0.05, 0.1) is 18.5 Å². The van der Waals surface area contributed by atoms with Crippen molar-refractivity contribution in [3.8, 4) is 5.88 Å². The van der Waals surface area contributed by atoms with Crippen molar-refractivity contribution in [2.75, 3.05) is 16.8 Å². The molecule has 0 aliphatic heterocycles. The number of aromatic nitrogens is 2. The molecular weight excluding hydrogens is 306 g/mol. The molecule has 0 saturated heterocycles. The van der Waals surface area contributed by atoms with Crippen molar-refractivity contribution in [1.29, 1.82) is 0 Å². The summed E-state index contributed by atoms with van der Waals surface area (Å²) >= 11 is 3.53. The summed E-state index contributed by atoms with van der Waals surface area (Å²) in [5.74, 6) is 1.55. The van der Waals surface area contributed by atoms with Crippen LogP contribution >= 0.6 is 15.9 Å². The van der Waals surface area contributed by atoms with Gasteiger partial charge in [-0.25, -0.2) is 0 Å². The third-order valence-electron chi connectivity index (χ3n) is 3.34. The maximum Gasteiger partial charge on any atom is 0.234 e. The fourth-order valence-corrected chi connectivity index (χ4v) is 2.95. The topological polar surface area (TPSA) is 38.2 Å². The lowest BCUT2D eigenvalue weighted by atomic mass is 10.2. The van der Waals surface area contributed by atoms with Crippen LogP contribution in [0.25, 0.3) is 0 Å². The Kier molecular flexibility index (Phi) is 5.43. The predicted octanol–water partition coefficient (Wildman–Crippen LogP) is 3.41. The number of rotatable bonds is 6. The van der Waals surface area contributed by atoms with E-state index in [1.54, 1.807) is 6.20 Å². The molecule has 0 amide bonds. The minimum Gasteiger partial charge on any atom is -0.474 e. The lowest BCUT2D eigenvalue weighted by Crippen LogP contribution is -2.35. The minimum atomic E-state index is 0.126. The van der Waals surface area contributed by atoms with E-state index in [1.165, 1.54) is 25.7 Å². The Morgan fingerprint density at radius 1 is 1.37 bits per heavy atom. The molecule has 0 atom stereocenters. The van der Waals surface area contributed by atoms with Gasteiger partial charge < -0.3 is 9.64 Å². The van der Waals surface area contributed by atoms with Crippen LogP contribution in [0.3, 0.4) is 0 Å². The summed E-state index contributed by atoms with van der Waals surface area (Å²) < 4.78 is 5.63. The number of hydrogen-bond acceptors (Lipinski definition) is 4. The number of nitrogens with zero attached hydrogens (tertiary/aromatic N) is 3. The van der Waals surface area contributed by atoms with Crippen LogP contribution in [-0.2, 0) is 0 Å². The van der Waals surface area contributed by atoms with Crippen LogP contribution in [0.15, 0.2) is 12.4 Å². The number of ether oxygens (including phenoxy) is 1. The quantitative estimate of drug-likeness (QED) is 0.750. The molecule has 19 heavy (non-hydrogen) atoms. The van der Waals surface area contributed by atoms with Gasteiger partial charge in [0.25, 0.3) is 0 Å². The van der Waals surface area contributed by atoms with Gasteiger partial charge in [0.15, 0.2) is 5.82 Å². The second-order valence-electron chi connectivity index (χ2n) is 5.20. The van der Waals surface area contributed by atoms with Crippen molar-refractivity contribution in [3.05, 3.63) is 12.4 Å². The highest BCUT2D eigenvalue weighted by Crippen LogP contribution is 2.27. The van der Waals surface area contributed by atoms with Gasteiger partial charge in [-0.1, -0.05) is 28.8 Å². The monoisotopic (exact) mass is 327 g/mol. The van der Waals surface area contributed by atoms with Crippen molar-refractivity contribution in [2.45, 2.75) is 51.7 Å². The second kappa shape index (κ2) is 7.08. The highest BCUT2D eigenvalue weighted by Gasteiger charge is 2.23. The van der Waals surface area contributed by atoms with E-state index in [-0.39, 0.29) is 6.10 Å². The highest BCUT2D eigenvalue weighted by molar-refractivity contribution is 9.09. The zero-order valence-electron chi connectivity index (χ0n) is 11.7. The number of anilines is 1. The van der Waals surface area contributed by atoms with Gasteiger partial charge in [0.2, 0.25) is 5.88 Å². The summed E-state index contributed by atoms with van der Waals surface area (Å²) in [5, 5.41) is 0.945. The van der Waals surface area contributed by atoms with Crippen LogP contribution in [0.4, 0.5) is 5.82 Å². The van der Waals surface area contributed by atoms with Gasteiger partial charge in [-0.2, -0.15) is 4.98 Å². The third kappa shape index (κ3) is 4.06. The average Bonchev–Trinajstić information content (AvgIpc) is 2.89. The van der Waals surface area contributed by atoms with Crippen LogP contribution in [0.5, 0.6) is 5.88 Å². The Labute approximate surface area is 123 Å². The fraction of sp³-hybridized carbons (Fsp3) is 0.714. The SMILES string of the molecule is CC(C)Oc1cncc(N(CCBr)C2CCCC2)n1. The molecule has 5 heteroatoms. The normalized spacial score (nSPS) is 16.0. The largest absolute Gasteiger partial charge is 0.474 e. The second-order valence-corrected chi connectivity index (χ2v) is 6.00. The summed E-state index contributed by atoms with van der Waals surface area (Å²) in [6.07, 6.45) is 8.80. The van der Waals surface area contributed by atoms with E-state index >= 15 is 0 Å². The van der Waals surface area contributed by atoms with Gasteiger partial charge in [-0.05, 0) is 26.7 Å². The van der Waals surface area contributed by atoms with Crippen LogP contribution in [0.2, 0.25) is 0 Å². The van der Waals surface area contributed by atoms with Crippen molar-refractivity contribution in [3.63, 3.8) is 0 Å². The van der Waals surface area contributed by atoms with E-state index in [4.69, 9.17) is 4.74 Å². The van der Waals surface area contributed by atoms with Gasteiger partial charge in [0.1, 0.15) is 0 Å². The summed E-state index contributed by atoms with van der Waals surface area (Å²) in [6, 6.07) is 0.598. The first-order chi connectivity index (χ1) is 9.20. The van der Waals surface area contributed by atoms with Crippen LogP contribution < -0.4 is 9.64 Å². The molecule has 106 valence electrons. The lowest BCUT2D eigenvalue weighted by Gasteiger charge is -2.29. The van der Waals surface area contributed by atoms with E-state index in [2.05, 4.69) is 30.8 Å². The molecule has 0 bridgehead atoms. The molecule has 2 rings (SSSR count). The number of hydrogen-bond donors (Lipinski definition) is 0. The zero-order chi connectivity index (χ0) is 13.7. The maximum absolute atomic E-state index is 5.63. The molecule has 0 spiro atoms. The maximum atomic E-state index is 5.63. The third-order valence-corrected chi connectivity index (χ3v) is 3.70. The molecule has 1 aromatic rings. The fourth-order valence-electron chi connectivity index (χ4n) is 2.57. The van der Waals surface area contributed by atoms with Crippen molar-refractivity contribution < 1.29 is 4.74 Å². The van der Waals surface area contributed by atoms with Crippen molar-refractivity contribution in [1.82, 2.24) is 9.97 Å². The molecule has 0 unspecified atom stereocenters. The Bertz CT molecular complexity index is 394. The average molecular weight is 328 g/mol. The first-order valence-electron chi connectivity index (χ1n) is 7.02. The molecule has 0 N–H and O–H groups in total. The van der Waals surface area contributed by atoms with E-state index < -0.39 is 0 Å². The van der Waals surface area contributed by atoms with E-state index in [0.717, 1.165) is 17.7 Å². The Morgan fingerprint density at radius 2 is 2.11 bits per heavy atom. The van der Waals surface area contributed by atoms with Gasteiger partial charge in [-0.15, -0.1) is 0 Å². The van der Waals surface area contributed by atoms with Gasteiger partial charge in [0, 0.05) is 17.9 Å². The molecule has 1 aliphatic carbocycles. The summed E-state index contributed by atoms with van der Waals surface area (Å²) in [7, 11) is 0. The summed E-state index contributed by atoms with van der Waals surface area (Å²) in [6.45, 7) is 4.97. The lowest BCUT2D eigenvalue weighted by molar-refractivity contribution is 0.231. The molecular formula is C14H22BrN3O. The van der Waals surface area contributed by atoms with E-state index in [9.17, 15) is 0 Å². The predicted molar refractivity (Wildman–Crippen MR) is 81.2 cm³/mol.